The zero-order valence-corrected chi connectivity index (χ0v) is 12.3. The molecule has 0 bridgehead atoms. The number of carbonyl (C=O) groups is 1. The summed E-state index contributed by atoms with van der Waals surface area (Å²) in [4.78, 5) is 12.7. The number of thiol groups is 1. The van der Waals surface area contributed by atoms with Crippen LogP contribution in [0.3, 0.4) is 0 Å². The summed E-state index contributed by atoms with van der Waals surface area (Å²) in [6, 6.07) is 12.9. The van der Waals surface area contributed by atoms with Crippen molar-refractivity contribution in [3.63, 3.8) is 0 Å². The van der Waals surface area contributed by atoms with Gasteiger partial charge >= 0.3 is 0 Å². The Labute approximate surface area is 120 Å². The zero-order chi connectivity index (χ0) is 13.1. The highest BCUT2D eigenvalue weighted by atomic mass is 79.9. The lowest BCUT2D eigenvalue weighted by Gasteiger charge is -2.08. The monoisotopic (exact) mass is 321 g/mol. The predicted molar refractivity (Wildman–Crippen MR) is 80.5 cm³/mol. The lowest BCUT2D eigenvalue weighted by Crippen LogP contribution is -2.12. The van der Waals surface area contributed by atoms with Crippen molar-refractivity contribution in [3.8, 4) is 0 Å². The van der Waals surface area contributed by atoms with Crippen LogP contribution in [0.5, 0.6) is 0 Å². The fraction of sp³-hybridized carbons (Fsp3) is 0.0714. The minimum Gasteiger partial charge on any atom is -0.322 e. The Balaban J connectivity index is 2.22. The third-order valence-electron chi connectivity index (χ3n) is 2.56. The second-order valence-electron chi connectivity index (χ2n) is 3.94. The van der Waals surface area contributed by atoms with Crippen LogP contribution in [0.2, 0.25) is 0 Å². The van der Waals surface area contributed by atoms with Gasteiger partial charge in [0.15, 0.2) is 0 Å². The van der Waals surface area contributed by atoms with E-state index < -0.39 is 0 Å². The number of hydrogen-bond donors (Lipinski definition) is 2. The van der Waals surface area contributed by atoms with Gasteiger partial charge in [0, 0.05) is 15.1 Å². The van der Waals surface area contributed by atoms with E-state index in [4.69, 9.17) is 0 Å². The Bertz CT molecular complexity index is 598. The molecule has 18 heavy (non-hydrogen) atoms. The third kappa shape index (κ3) is 2.94. The van der Waals surface area contributed by atoms with Crippen molar-refractivity contribution >= 4 is 40.2 Å². The Morgan fingerprint density at radius 2 is 1.94 bits per heavy atom. The largest absolute Gasteiger partial charge is 0.322 e. The number of benzene rings is 2. The summed E-state index contributed by atoms with van der Waals surface area (Å²) in [5, 5.41) is 2.86. The number of halogens is 1. The number of aryl methyl sites for hydroxylation is 1. The topological polar surface area (TPSA) is 29.1 Å². The molecule has 0 atom stereocenters. The number of carbonyl (C=O) groups excluding carboxylic acids is 1. The molecule has 0 aliphatic carbocycles. The lowest BCUT2D eigenvalue weighted by molar-refractivity contribution is 0.102. The van der Waals surface area contributed by atoms with Crippen molar-refractivity contribution in [3.05, 3.63) is 58.1 Å². The van der Waals surface area contributed by atoms with Crippen molar-refractivity contribution in [1.82, 2.24) is 0 Å². The molecular weight excluding hydrogens is 310 g/mol. The van der Waals surface area contributed by atoms with Crippen molar-refractivity contribution in [2.24, 2.45) is 0 Å². The molecule has 2 nitrogen and oxygen atoms in total. The maximum atomic E-state index is 12.1. The first-order valence-corrected chi connectivity index (χ1v) is 6.67. The van der Waals surface area contributed by atoms with E-state index in [2.05, 4.69) is 33.9 Å². The molecule has 0 heterocycles. The summed E-state index contributed by atoms with van der Waals surface area (Å²) < 4.78 is 1.02. The molecular formula is C14H12BrNOS. The molecule has 0 aliphatic heterocycles. The first-order valence-electron chi connectivity index (χ1n) is 5.43. The first kappa shape index (κ1) is 13.2. The minimum absolute atomic E-state index is 0.151. The summed E-state index contributed by atoms with van der Waals surface area (Å²) in [5.41, 5.74) is 2.42. The number of amides is 1. The van der Waals surface area contributed by atoms with Gasteiger partial charge in [-0.2, -0.15) is 0 Å². The predicted octanol–water partition coefficient (Wildman–Crippen LogP) is 4.30. The summed E-state index contributed by atoms with van der Waals surface area (Å²) in [6.07, 6.45) is 0. The zero-order valence-electron chi connectivity index (χ0n) is 9.77. The van der Waals surface area contributed by atoms with Gasteiger partial charge in [-0.15, -0.1) is 12.6 Å². The average Bonchev–Trinajstić information content (AvgIpc) is 2.34. The van der Waals surface area contributed by atoms with E-state index in [1.807, 2.05) is 37.3 Å². The van der Waals surface area contributed by atoms with Crippen molar-refractivity contribution in [2.45, 2.75) is 11.8 Å². The SMILES string of the molecule is Cc1cc(NC(=O)c2ccccc2S)ccc1Br. The minimum atomic E-state index is -0.151. The summed E-state index contributed by atoms with van der Waals surface area (Å²) in [6.45, 7) is 1.98. The number of nitrogens with one attached hydrogen (secondary N) is 1. The second-order valence-corrected chi connectivity index (χ2v) is 5.27. The third-order valence-corrected chi connectivity index (χ3v) is 3.84. The molecule has 1 amide bonds. The molecule has 0 saturated carbocycles. The van der Waals surface area contributed by atoms with Crippen molar-refractivity contribution in [1.29, 1.82) is 0 Å². The molecule has 0 saturated heterocycles. The van der Waals surface area contributed by atoms with Crippen molar-refractivity contribution < 1.29 is 4.79 Å². The number of hydrogen-bond acceptors (Lipinski definition) is 2. The standard InChI is InChI=1S/C14H12BrNOS/c1-9-8-10(6-7-12(9)15)16-14(17)11-4-2-3-5-13(11)18/h2-8,18H,1H3,(H,16,17). The van der Waals surface area contributed by atoms with Crippen LogP contribution in [0, 0.1) is 6.92 Å². The number of rotatable bonds is 2. The molecule has 0 fully saturated rings. The molecule has 0 radical (unpaired) electrons. The molecule has 4 heteroatoms. The van der Waals surface area contributed by atoms with E-state index in [1.165, 1.54) is 0 Å². The van der Waals surface area contributed by atoms with Gasteiger partial charge in [-0.3, -0.25) is 4.79 Å². The Hall–Kier alpha value is -1.26. The van der Waals surface area contributed by atoms with Gasteiger partial charge in [-0.25, -0.2) is 0 Å². The normalized spacial score (nSPS) is 10.2. The van der Waals surface area contributed by atoms with Crippen LogP contribution in [0.4, 0.5) is 5.69 Å². The van der Waals surface area contributed by atoms with Crippen LogP contribution in [-0.2, 0) is 0 Å². The van der Waals surface area contributed by atoms with Gasteiger partial charge in [-0.1, -0.05) is 28.1 Å². The summed E-state index contributed by atoms with van der Waals surface area (Å²) >= 11 is 7.70. The average molecular weight is 322 g/mol. The maximum Gasteiger partial charge on any atom is 0.256 e. The molecule has 0 spiro atoms. The van der Waals surface area contributed by atoms with E-state index in [0.29, 0.717) is 10.5 Å². The van der Waals surface area contributed by atoms with Gasteiger partial charge in [0.2, 0.25) is 0 Å². The Morgan fingerprint density at radius 1 is 1.22 bits per heavy atom. The van der Waals surface area contributed by atoms with Gasteiger partial charge in [0.1, 0.15) is 0 Å². The summed E-state index contributed by atoms with van der Waals surface area (Å²) in [5.74, 6) is -0.151. The molecule has 2 aromatic rings. The Morgan fingerprint density at radius 3 is 2.61 bits per heavy atom. The van der Waals surface area contributed by atoms with Crippen LogP contribution in [0.25, 0.3) is 0 Å². The van der Waals surface area contributed by atoms with Gasteiger partial charge < -0.3 is 5.32 Å². The van der Waals surface area contributed by atoms with Gasteiger partial charge in [0.05, 0.1) is 5.56 Å². The van der Waals surface area contributed by atoms with E-state index in [9.17, 15) is 4.79 Å². The van der Waals surface area contributed by atoms with E-state index in [-0.39, 0.29) is 5.91 Å². The Kier molecular flexibility index (Phi) is 4.09. The molecule has 0 aliphatic rings. The van der Waals surface area contributed by atoms with Crippen LogP contribution in [0.15, 0.2) is 51.8 Å². The lowest BCUT2D eigenvalue weighted by atomic mass is 10.2. The van der Waals surface area contributed by atoms with Crippen LogP contribution in [0.1, 0.15) is 15.9 Å². The maximum absolute atomic E-state index is 12.1. The van der Waals surface area contributed by atoms with Crippen LogP contribution < -0.4 is 5.32 Å². The molecule has 1 N–H and O–H groups in total. The summed E-state index contributed by atoms with van der Waals surface area (Å²) in [7, 11) is 0. The van der Waals surface area contributed by atoms with Crippen LogP contribution >= 0.6 is 28.6 Å². The fourth-order valence-corrected chi connectivity index (χ4v) is 2.10. The van der Waals surface area contributed by atoms with E-state index in [1.54, 1.807) is 12.1 Å². The van der Waals surface area contributed by atoms with E-state index in [0.717, 1.165) is 15.7 Å². The highest BCUT2D eigenvalue weighted by Crippen LogP contribution is 2.21. The first-order chi connectivity index (χ1) is 8.58. The van der Waals surface area contributed by atoms with E-state index >= 15 is 0 Å². The van der Waals surface area contributed by atoms with Gasteiger partial charge in [0.25, 0.3) is 5.91 Å². The van der Waals surface area contributed by atoms with Gasteiger partial charge in [-0.05, 0) is 42.8 Å². The molecule has 0 aromatic heterocycles. The second kappa shape index (κ2) is 5.59. The highest BCUT2D eigenvalue weighted by molar-refractivity contribution is 9.10. The quantitative estimate of drug-likeness (QED) is 0.793. The van der Waals surface area contributed by atoms with Crippen LogP contribution in [-0.4, -0.2) is 5.91 Å². The molecule has 92 valence electrons. The molecule has 0 unspecified atom stereocenters. The number of anilines is 1. The molecule has 2 aromatic carbocycles. The highest BCUT2D eigenvalue weighted by Gasteiger charge is 2.09. The smallest absolute Gasteiger partial charge is 0.256 e. The molecule has 2 rings (SSSR count). The van der Waals surface area contributed by atoms with Crippen molar-refractivity contribution in [2.75, 3.05) is 5.32 Å². The fourth-order valence-electron chi connectivity index (χ4n) is 1.59.